The lowest BCUT2D eigenvalue weighted by molar-refractivity contribution is -0.136. The summed E-state index contributed by atoms with van der Waals surface area (Å²) in [6, 6.07) is 6.27. The van der Waals surface area contributed by atoms with Gasteiger partial charge in [0.1, 0.15) is 0 Å². The van der Waals surface area contributed by atoms with Gasteiger partial charge in [0.05, 0.1) is 23.9 Å². The van der Waals surface area contributed by atoms with Crippen molar-refractivity contribution in [2.24, 2.45) is 0 Å². The van der Waals surface area contributed by atoms with Crippen molar-refractivity contribution in [1.82, 2.24) is 10.6 Å². The van der Waals surface area contributed by atoms with Gasteiger partial charge in [-0.1, -0.05) is 31.9 Å². The molecule has 7 heteroatoms. The minimum absolute atomic E-state index is 0.162. The molecule has 1 aromatic carbocycles. The van der Waals surface area contributed by atoms with Crippen molar-refractivity contribution in [2.75, 3.05) is 11.9 Å². The second kappa shape index (κ2) is 9.17. The van der Waals surface area contributed by atoms with Crippen molar-refractivity contribution in [3.05, 3.63) is 29.8 Å². The van der Waals surface area contributed by atoms with Gasteiger partial charge >= 0.3 is 11.8 Å². The Labute approximate surface area is 147 Å². The van der Waals surface area contributed by atoms with Crippen molar-refractivity contribution >= 4 is 23.4 Å². The molecule has 1 aromatic rings. The summed E-state index contributed by atoms with van der Waals surface area (Å²) in [4.78, 5) is 36.4. The minimum Gasteiger partial charge on any atom is -0.394 e. The Bertz CT molecular complexity index is 623. The van der Waals surface area contributed by atoms with Crippen LogP contribution in [0, 0.1) is 0 Å². The van der Waals surface area contributed by atoms with E-state index in [-0.39, 0.29) is 24.2 Å². The van der Waals surface area contributed by atoms with Gasteiger partial charge in [0, 0.05) is 6.04 Å². The Morgan fingerprint density at radius 3 is 2.48 bits per heavy atom. The van der Waals surface area contributed by atoms with E-state index in [1.807, 2.05) is 0 Å². The SMILES string of the molecule is CC[C@@H](CO)NC(=O)C(=O)Nc1ccccc1C(=O)NC1CCCC1. The van der Waals surface area contributed by atoms with Crippen molar-refractivity contribution in [2.45, 2.75) is 51.1 Å². The molecule has 25 heavy (non-hydrogen) atoms. The number of nitrogens with one attached hydrogen (secondary N) is 3. The molecule has 0 saturated heterocycles. The molecular formula is C18H25N3O4. The fourth-order valence-electron chi connectivity index (χ4n) is 2.83. The van der Waals surface area contributed by atoms with Crippen molar-refractivity contribution in [3.63, 3.8) is 0 Å². The van der Waals surface area contributed by atoms with E-state index in [4.69, 9.17) is 5.11 Å². The molecule has 4 N–H and O–H groups in total. The number of carbonyl (C=O) groups is 3. The van der Waals surface area contributed by atoms with Crippen LogP contribution in [0.3, 0.4) is 0 Å². The number of amides is 3. The maximum Gasteiger partial charge on any atom is 0.313 e. The van der Waals surface area contributed by atoms with E-state index < -0.39 is 17.9 Å². The number of carbonyl (C=O) groups excluding carboxylic acids is 3. The smallest absolute Gasteiger partial charge is 0.313 e. The maximum absolute atomic E-state index is 12.4. The Morgan fingerprint density at radius 2 is 1.84 bits per heavy atom. The number of anilines is 1. The van der Waals surface area contributed by atoms with Crippen LogP contribution in [0.5, 0.6) is 0 Å². The second-order valence-corrected chi connectivity index (χ2v) is 6.22. The van der Waals surface area contributed by atoms with Crippen molar-refractivity contribution < 1.29 is 19.5 Å². The monoisotopic (exact) mass is 347 g/mol. The van der Waals surface area contributed by atoms with Crippen LogP contribution >= 0.6 is 0 Å². The number of aliphatic hydroxyl groups is 1. The van der Waals surface area contributed by atoms with Gasteiger partial charge in [-0.25, -0.2) is 0 Å². The average molecular weight is 347 g/mol. The largest absolute Gasteiger partial charge is 0.394 e. The standard InChI is InChI=1S/C18H25N3O4/c1-2-12(11-22)19-17(24)18(25)21-15-10-6-5-9-14(15)16(23)20-13-7-3-4-8-13/h5-6,9-10,12-13,22H,2-4,7-8,11H2,1H3,(H,19,24)(H,20,23)(H,21,25)/t12-/m0/s1. The van der Waals surface area contributed by atoms with E-state index in [0.29, 0.717) is 12.0 Å². The molecule has 0 bridgehead atoms. The first-order valence-corrected chi connectivity index (χ1v) is 8.67. The van der Waals surface area contributed by atoms with E-state index in [1.165, 1.54) is 0 Å². The van der Waals surface area contributed by atoms with Crippen LogP contribution in [0.1, 0.15) is 49.4 Å². The molecule has 7 nitrogen and oxygen atoms in total. The summed E-state index contributed by atoms with van der Waals surface area (Å²) >= 11 is 0. The number of hydrogen-bond acceptors (Lipinski definition) is 4. The molecule has 1 fully saturated rings. The molecular weight excluding hydrogens is 322 g/mol. The van der Waals surface area contributed by atoms with Gasteiger partial charge in [0.25, 0.3) is 5.91 Å². The molecule has 0 unspecified atom stereocenters. The van der Waals surface area contributed by atoms with Crippen LogP contribution in [-0.4, -0.2) is 41.5 Å². The summed E-state index contributed by atoms with van der Waals surface area (Å²) in [5.74, 6) is -1.97. The number of hydrogen-bond donors (Lipinski definition) is 4. The lowest BCUT2D eigenvalue weighted by Gasteiger charge is -2.16. The van der Waals surface area contributed by atoms with Gasteiger partial charge in [0.2, 0.25) is 0 Å². The minimum atomic E-state index is -0.868. The number of rotatable bonds is 6. The summed E-state index contributed by atoms with van der Waals surface area (Å²) < 4.78 is 0. The first-order valence-electron chi connectivity index (χ1n) is 8.67. The van der Waals surface area contributed by atoms with E-state index in [2.05, 4.69) is 16.0 Å². The predicted octanol–water partition coefficient (Wildman–Crippen LogP) is 1.18. The topological polar surface area (TPSA) is 108 Å². The quantitative estimate of drug-likeness (QED) is 0.580. The maximum atomic E-state index is 12.4. The zero-order chi connectivity index (χ0) is 18.2. The third-order valence-corrected chi connectivity index (χ3v) is 4.36. The molecule has 1 saturated carbocycles. The summed E-state index contributed by atoms with van der Waals surface area (Å²) in [6.45, 7) is 1.55. The summed E-state index contributed by atoms with van der Waals surface area (Å²) in [5.41, 5.74) is 0.611. The van der Waals surface area contributed by atoms with Gasteiger partial charge in [-0.3, -0.25) is 14.4 Å². The van der Waals surface area contributed by atoms with E-state index in [1.54, 1.807) is 31.2 Å². The van der Waals surface area contributed by atoms with Crippen LogP contribution < -0.4 is 16.0 Å². The molecule has 0 radical (unpaired) electrons. The Balaban J connectivity index is 2.02. The summed E-state index contributed by atoms with van der Waals surface area (Å²) in [5, 5.41) is 17.0. The average Bonchev–Trinajstić information content (AvgIpc) is 3.12. The molecule has 1 atom stereocenters. The molecule has 1 aliphatic carbocycles. The van der Waals surface area contributed by atoms with Gasteiger partial charge in [-0.2, -0.15) is 0 Å². The molecule has 136 valence electrons. The fourth-order valence-corrected chi connectivity index (χ4v) is 2.83. The summed E-state index contributed by atoms with van der Waals surface area (Å²) in [6.07, 6.45) is 4.64. The van der Waals surface area contributed by atoms with Crippen LogP contribution in [0.15, 0.2) is 24.3 Å². The van der Waals surface area contributed by atoms with Crippen LogP contribution in [0.4, 0.5) is 5.69 Å². The number of para-hydroxylation sites is 1. The number of benzene rings is 1. The normalized spacial score (nSPS) is 15.4. The Kier molecular flexibility index (Phi) is 6.94. The zero-order valence-corrected chi connectivity index (χ0v) is 14.4. The fraction of sp³-hybridized carbons (Fsp3) is 0.500. The van der Waals surface area contributed by atoms with E-state index in [9.17, 15) is 14.4 Å². The van der Waals surface area contributed by atoms with Crippen LogP contribution in [0.2, 0.25) is 0 Å². The lowest BCUT2D eigenvalue weighted by atomic mass is 10.1. The number of aliphatic hydroxyl groups excluding tert-OH is 1. The van der Waals surface area contributed by atoms with E-state index in [0.717, 1.165) is 25.7 Å². The lowest BCUT2D eigenvalue weighted by Crippen LogP contribution is -2.43. The molecule has 0 aliphatic heterocycles. The highest BCUT2D eigenvalue weighted by atomic mass is 16.3. The highest BCUT2D eigenvalue weighted by molar-refractivity contribution is 6.40. The Hall–Kier alpha value is -2.41. The third-order valence-electron chi connectivity index (χ3n) is 4.36. The second-order valence-electron chi connectivity index (χ2n) is 6.22. The molecule has 0 aromatic heterocycles. The highest BCUT2D eigenvalue weighted by Gasteiger charge is 2.22. The van der Waals surface area contributed by atoms with Gasteiger partial charge in [0.15, 0.2) is 0 Å². The van der Waals surface area contributed by atoms with Crippen molar-refractivity contribution in [3.8, 4) is 0 Å². The molecule has 1 aliphatic rings. The van der Waals surface area contributed by atoms with Gasteiger partial charge in [-0.05, 0) is 31.4 Å². The molecule has 2 rings (SSSR count). The van der Waals surface area contributed by atoms with Crippen molar-refractivity contribution in [1.29, 1.82) is 0 Å². The van der Waals surface area contributed by atoms with Gasteiger partial charge in [-0.15, -0.1) is 0 Å². The van der Waals surface area contributed by atoms with E-state index >= 15 is 0 Å². The molecule has 0 spiro atoms. The highest BCUT2D eigenvalue weighted by Crippen LogP contribution is 2.20. The van der Waals surface area contributed by atoms with Crippen LogP contribution in [-0.2, 0) is 9.59 Å². The first-order chi connectivity index (χ1) is 12.0. The Morgan fingerprint density at radius 1 is 1.16 bits per heavy atom. The summed E-state index contributed by atoms with van der Waals surface area (Å²) in [7, 11) is 0. The van der Waals surface area contributed by atoms with Crippen LogP contribution in [0.25, 0.3) is 0 Å². The molecule has 3 amide bonds. The predicted molar refractivity (Wildman–Crippen MR) is 94.1 cm³/mol. The molecule has 0 heterocycles. The first kappa shape index (κ1) is 18.9. The third kappa shape index (κ3) is 5.29. The zero-order valence-electron chi connectivity index (χ0n) is 14.4. The van der Waals surface area contributed by atoms with Gasteiger partial charge < -0.3 is 21.1 Å².